The van der Waals surface area contributed by atoms with Gasteiger partial charge in [-0.25, -0.2) is 4.39 Å². The van der Waals surface area contributed by atoms with Crippen LogP contribution in [0.15, 0.2) is 42.5 Å². The molecule has 2 aromatic rings. The molecule has 1 amide bonds. The molecule has 0 aliphatic heterocycles. The highest BCUT2D eigenvalue weighted by Gasteiger charge is 2.12. The molecule has 0 aromatic heterocycles. The lowest BCUT2D eigenvalue weighted by molar-refractivity contribution is 0.0950. The Labute approximate surface area is 118 Å². The van der Waals surface area contributed by atoms with Crippen molar-refractivity contribution in [2.24, 2.45) is 0 Å². The molecule has 0 spiro atoms. The fourth-order valence-corrected chi connectivity index (χ4v) is 2.12. The van der Waals surface area contributed by atoms with Gasteiger partial charge >= 0.3 is 0 Å². The van der Waals surface area contributed by atoms with Crippen LogP contribution in [0, 0.1) is 19.7 Å². The van der Waals surface area contributed by atoms with Gasteiger partial charge in [-0.05, 0) is 43.0 Å². The van der Waals surface area contributed by atoms with Crippen molar-refractivity contribution in [1.29, 1.82) is 0 Å². The number of carbonyl (C=O) groups excluding carboxylic acids is 1. The quantitative estimate of drug-likeness (QED) is 0.907. The highest BCUT2D eigenvalue weighted by Crippen LogP contribution is 2.12. The first-order valence-corrected chi connectivity index (χ1v) is 6.67. The van der Waals surface area contributed by atoms with Crippen molar-refractivity contribution in [2.75, 3.05) is 6.54 Å². The Morgan fingerprint density at radius 1 is 1.05 bits per heavy atom. The molecule has 2 nitrogen and oxygen atoms in total. The molecule has 2 aromatic carbocycles. The zero-order chi connectivity index (χ0) is 14.5. The molecule has 3 heteroatoms. The number of amides is 1. The van der Waals surface area contributed by atoms with E-state index in [0.717, 1.165) is 6.42 Å². The van der Waals surface area contributed by atoms with E-state index in [0.29, 0.717) is 12.1 Å². The molecule has 0 heterocycles. The number of carbonyl (C=O) groups is 1. The van der Waals surface area contributed by atoms with Gasteiger partial charge in [0.25, 0.3) is 5.91 Å². The Morgan fingerprint density at radius 2 is 1.75 bits per heavy atom. The van der Waals surface area contributed by atoms with Gasteiger partial charge in [0.05, 0.1) is 5.56 Å². The number of aryl methyl sites for hydroxylation is 2. The first-order chi connectivity index (χ1) is 9.59. The Balaban J connectivity index is 1.96. The van der Waals surface area contributed by atoms with E-state index in [-0.39, 0.29) is 11.5 Å². The van der Waals surface area contributed by atoms with E-state index in [4.69, 9.17) is 0 Å². The van der Waals surface area contributed by atoms with Crippen LogP contribution < -0.4 is 5.32 Å². The summed E-state index contributed by atoms with van der Waals surface area (Å²) in [7, 11) is 0. The van der Waals surface area contributed by atoms with Crippen LogP contribution in [-0.2, 0) is 6.42 Å². The second kappa shape index (κ2) is 6.33. The molecule has 0 fully saturated rings. The molecule has 0 radical (unpaired) electrons. The number of rotatable bonds is 4. The predicted octanol–water partition coefficient (Wildman–Crippen LogP) is 3.42. The van der Waals surface area contributed by atoms with Crippen molar-refractivity contribution in [1.82, 2.24) is 5.32 Å². The van der Waals surface area contributed by atoms with Gasteiger partial charge in [0.15, 0.2) is 0 Å². The van der Waals surface area contributed by atoms with Gasteiger partial charge in [-0.2, -0.15) is 0 Å². The zero-order valence-electron chi connectivity index (χ0n) is 11.7. The number of nitrogens with one attached hydrogen (secondary N) is 1. The van der Waals surface area contributed by atoms with Crippen molar-refractivity contribution >= 4 is 5.91 Å². The molecular weight excluding hydrogens is 253 g/mol. The maximum absolute atomic E-state index is 13.8. The summed E-state index contributed by atoms with van der Waals surface area (Å²) < 4.78 is 13.8. The van der Waals surface area contributed by atoms with Crippen molar-refractivity contribution in [3.63, 3.8) is 0 Å². The van der Waals surface area contributed by atoms with Gasteiger partial charge in [0.1, 0.15) is 5.82 Å². The fraction of sp³-hybridized carbons (Fsp3) is 0.235. The summed E-state index contributed by atoms with van der Waals surface area (Å²) >= 11 is 0. The summed E-state index contributed by atoms with van der Waals surface area (Å²) in [5.74, 6) is -0.805. The van der Waals surface area contributed by atoms with Gasteiger partial charge in [-0.1, -0.05) is 36.4 Å². The monoisotopic (exact) mass is 271 g/mol. The molecule has 0 saturated carbocycles. The molecule has 104 valence electrons. The van der Waals surface area contributed by atoms with Gasteiger partial charge in [-0.15, -0.1) is 0 Å². The van der Waals surface area contributed by atoms with Gasteiger partial charge in [0.2, 0.25) is 0 Å². The molecule has 0 atom stereocenters. The van der Waals surface area contributed by atoms with E-state index in [1.54, 1.807) is 19.1 Å². The highest BCUT2D eigenvalue weighted by atomic mass is 19.1. The zero-order valence-corrected chi connectivity index (χ0v) is 11.7. The Bertz CT molecular complexity index is 622. The average molecular weight is 271 g/mol. The standard InChI is InChI=1S/C17H18FNO/c1-12-6-3-4-8-14(12)10-11-19-17(20)15-9-5-7-13(2)16(15)18/h3-9H,10-11H2,1-2H3,(H,19,20). The van der Waals surface area contributed by atoms with Crippen LogP contribution in [0.2, 0.25) is 0 Å². The van der Waals surface area contributed by atoms with Gasteiger partial charge in [-0.3, -0.25) is 4.79 Å². The minimum absolute atomic E-state index is 0.106. The molecule has 20 heavy (non-hydrogen) atoms. The van der Waals surface area contributed by atoms with Crippen molar-refractivity contribution < 1.29 is 9.18 Å². The maximum Gasteiger partial charge on any atom is 0.254 e. The van der Waals surface area contributed by atoms with Crippen LogP contribution >= 0.6 is 0 Å². The van der Waals surface area contributed by atoms with E-state index in [9.17, 15) is 9.18 Å². The lowest BCUT2D eigenvalue weighted by Crippen LogP contribution is -2.26. The predicted molar refractivity (Wildman–Crippen MR) is 78.4 cm³/mol. The third-order valence-corrected chi connectivity index (χ3v) is 3.38. The summed E-state index contributed by atoms with van der Waals surface area (Å²) in [4.78, 5) is 11.9. The van der Waals surface area contributed by atoms with Gasteiger partial charge < -0.3 is 5.32 Å². The average Bonchev–Trinajstić information content (AvgIpc) is 2.44. The van der Waals surface area contributed by atoms with E-state index < -0.39 is 5.82 Å². The van der Waals surface area contributed by atoms with Crippen LogP contribution in [-0.4, -0.2) is 12.5 Å². The molecule has 0 aliphatic rings. The Morgan fingerprint density at radius 3 is 2.50 bits per heavy atom. The number of hydrogen-bond acceptors (Lipinski definition) is 1. The summed E-state index contributed by atoms with van der Waals surface area (Å²) in [5.41, 5.74) is 2.98. The van der Waals surface area contributed by atoms with E-state index in [1.165, 1.54) is 17.2 Å². The molecular formula is C17H18FNO. The second-order valence-corrected chi connectivity index (χ2v) is 4.87. The molecule has 0 saturated heterocycles. The molecule has 2 rings (SSSR count). The number of hydrogen-bond donors (Lipinski definition) is 1. The lowest BCUT2D eigenvalue weighted by Gasteiger charge is -2.09. The van der Waals surface area contributed by atoms with E-state index >= 15 is 0 Å². The van der Waals surface area contributed by atoms with Crippen molar-refractivity contribution in [2.45, 2.75) is 20.3 Å². The molecule has 1 N–H and O–H groups in total. The molecule has 0 unspecified atom stereocenters. The van der Waals surface area contributed by atoms with E-state index in [2.05, 4.69) is 5.32 Å². The van der Waals surface area contributed by atoms with Crippen molar-refractivity contribution in [3.05, 3.63) is 70.5 Å². The third kappa shape index (κ3) is 3.23. The largest absolute Gasteiger partial charge is 0.352 e. The first kappa shape index (κ1) is 14.3. The second-order valence-electron chi connectivity index (χ2n) is 4.87. The topological polar surface area (TPSA) is 29.1 Å². The van der Waals surface area contributed by atoms with Crippen LogP contribution in [0.25, 0.3) is 0 Å². The fourth-order valence-electron chi connectivity index (χ4n) is 2.12. The molecule has 0 bridgehead atoms. The van der Waals surface area contributed by atoms with E-state index in [1.807, 2.05) is 31.2 Å². The Hall–Kier alpha value is -2.16. The SMILES string of the molecule is Cc1ccccc1CCNC(=O)c1cccc(C)c1F. The van der Waals surface area contributed by atoms with Crippen molar-refractivity contribution in [3.8, 4) is 0 Å². The summed E-state index contributed by atoms with van der Waals surface area (Å²) in [6.07, 6.45) is 0.742. The smallest absolute Gasteiger partial charge is 0.254 e. The minimum atomic E-state index is -0.444. The third-order valence-electron chi connectivity index (χ3n) is 3.38. The van der Waals surface area contributed by atoms with Crippen LogP contribution in [0.1, 0.15) is 27.0 Å². The van der Waals surface area contributed by atoms with Crippen LogP contribution in [0.3, 0.4) is 0 Å². The lowest BCUT2D eigenvalue weighted by atomic mass is 10.1. The van der Waals surface area contributed by atoms with Crippen LogP contribution in [0.5, 0.6) is 0 Å². The summed E-state index contributed by atoms with van der Waals surface area (Å²) in [5, 5.41) is 2.76. The number of benzene rings is 2. The normalized spacial score (nSPS) is 10.3. The Kier molecular flexibility index (Phi) is 4.51. The summed E-state index contributed by atoms with van der Waals surface area (Å²) in [6.45, 7) is 4.19. The number of halogens is 1. The molecule has 0 aliphatic carbocycles. The van der Waals surface area contributed by atoms with Gasteiger partial charge in [0, 0.05) is 6.54 Å². The first-order valence-electron chi connectivity index (χ1n) is 6.67. The maximum atomic E-state index is 13.8. The highest BCUT2D eigenvalue weighted by molar-refractivity contribution is 5.94. The minimum Gasteiger partial charge on any atom is -0.352 e. The van der Waals surface area contributed by atoms with Crippen LogP contribution in [0.4, 0.5) is 4.39 Å². The summed E-state index contributed by atoms with van der Waals surface area (Å²) in [6, 6.07) is 12.9.